The van der Waals surface area contributed by atoms with E-state index in [-0.39, 0.29) is 5.75 Å². The number of nitrogens with zero attached hydrogens (tertiary/aromatic N) is 1. The summed E-state index contributed by atoms with van der Waals surface area (Å²) in [6.07, 6.45) is 1.46. The van der Waals surface area contributed by atoms with Crippen LogP contribution < -0.4 is 29.1 Å². The Kier molecular flexibility index (Phi) is 9.27. The van der Waals surface area contributed by atoms with E-state index in [1.54, 1.807) is 60.7 Å². The Morgan fingerprint density at radius 2 is 1.44 bits per heavy atom. The van der Waals surface area contributed by atoms with E-state index in [0.29, 0.717) is 52.9 Å². The maximum absolute atomic E-state index is 12.6. The third-order valence-corrected chi connectivity index (χ3v) is 4.90. The van der Waals surface area contributed by atoms with E-state index in [1.807, 2.05) is 13.8 Å². The van der Waals surface area contributed by atoms with Gasteiger partial charge in [-0.25, -0.2) is 10.2 Å². The van der Waals surface area contributed by atoms with Gasteiger partial charge in [0.25, 0.3) is 5.91 Å². The summed E-state index contributed by atoms with van der Waals surface area (Å²) in [5.41, 5.74) is 3.84. The van der Waals surface area contributed by atoms with Gasteiger partial charge in [0.2, 0.25) is 0 Å². The van der Waals surface area contributed by atoms with Crippen molar-refractivity contribution >= 4 is 18.1 Å². The molecule has 0 aliphatic rings. The van der Waals surface area contributed by atoms with Crippen LogP contribution >= 0.6 is 0 Å². The molecule has 0 unspecified atom stereocenters. The van der Waals surface area contributed by atoms with Crippen molar-refractivity contribution in [1.29, 1.82) is 0 Å². The molecule has 1 N–H and O–H groups in total. The summed E-state index contributed by atoms with van der Waals surface area (Å²) < 4.78 is 27.0. The zero-order chi connectivity index (χ0) is 25.9. The molecule has 9 nitrogen and oxygen atoms in total. The van der Waals surface area contributed by atoms with Crippen molar-refractivity contribution in [2.45, 2.75) is 13.8 Å². The van der Waals surface area contributed by atoms with Crippen molar-refractivity contribution in [3.8, 4) is 28.7 Å². The Balaban J connectivity index is 1.68. The first-order valence-electron chi connectivity index (χ1n) is 11.3. The summed E-state index contributed by atoms with van der Waals surface area (Å²) >= 11 is 0. The lowest BCUT2D eigenvalue weighted by molar-refractivity contribution is 0.0728. The first kappa shape index (κ1) is 26.1. The average molecular weight is 493 g/mol. The lowest BCUT2D eigenvalue weighted by Crippen LogP contribution is -2.17. The Bertz CT molecular complexity index is 1220. The zero-order valence-electron chi connectivity index (χ0n) is 20.6. The highest BCUT2D eigenvalue weighted by Gasteiger charge is 2.14. The molecule has 0 aliphatic carbocycles. The molecule has 3 aromatic rings. The molecule has 0 saturated carbocycles. The number of carbonyl (C=O) groups is 2. The van der Waals surface area contributed by atoms with Crippen molar-refractivity contribution < 1.29 is 33.3 Å². The minimum atomic E-state index is -0.525. The number of methoxy groups -OCH3 is 2. The highest BCUT2D eigenvalue weighted by atomic mass is 16.6. The fourth-order valence-electron chi connectivity index (χ4n) is 3.18. The summed E-state index contributed by atoms with van der Waals surface area (Å²) in [4.78, 5) is 25.0. The fraction of sp³-hybridized carbons (Fsp3) is 0.222. The number of carbonyl (C=O) groups excluding carboxylic acids is 2. The summed E-state index contributed by atoms with van der Waals surface area (Å²) in [6, 6.07) is 16.4. The molecule has 1 amide bonds. The Labute approximate surface area is 209 Å². The molecular formula is C27H28N2O7. The Hall–Kier alpha value is -4.53. The van der Waals surface area contributed by atoms with E-state index < -0.39 is 11.9 Å². The summed E-state index contributed by atoms with van der Waals surface area (Å²) in [6.45, 7) is 4.61. The molecule has 0 fully saturated rings. The van der Waals surface area contributed by atoms with Crippen LogP contribution in [0.2, 0.25) is 0 Å². The van der Waals surface area contributed by atoms with Crippen LogP contribution in [0.5, 0.6) is 28.7 Å². The number of hydrogen-bond acceptors (Lipinski definition) is 8. The van der Waals surface area contributed by atoms with Crippen molar-refractivity contribution in [2.75, 3.05) is 27.4 Å². The average Bonchev–Trinajstić information content (AvgIpc) is 2.90. The maximum Gasteiger partial charge on any atom is 0.343 e. The van der Waals surface area contributed by atoms with Gasteiger partial charge >= 0.3 is 5.97 Å². The number of amides is 1. The van der Waals surface area contributed by atoms with E-state index in [9.17, 15) is 9.59 Å². The number of rotatable bonds is 11. The van der Waals surface area contributed by atoms with Crippen LogP contribution in [0.4, 0.5) is 0 Å². The predicted octanol–water partition coefficient (Wildman–Crippen LogP) is 4.48. The first-order valence-corrected chi connectivity index (χ1v) is 11.3. The molecule has 0 saturated heterocycles. The van der Waals surface area contributed by atoms with Gasteiger partial charge in [-0.3, -0.25) is 4.79 Å². The fourth-order valence-corrected chi connectivity index (χ4v) is 3.18. The SMILES string of the molecule is CCOc1ccc(C(=O)Oc2ccc(/C=N\NC(=O)c3ccc(OC)c(OC)c3)cc2OCC)cc1. The van der Waals surface area contributed by atoms with Crippen LogP contribution in [0.15, 0.2) is 65.8 Å². The third kappa shape index (κ3) is 6.75. The molecule has 0 atom stereocenters. The van der Waals surface area contributed by atoms with Gasteiger partial charge in [0, 0.05) is 5.56 Å². The third-order valence-electron chi connectivity index (χ3n) is 4.90. The van der Waals surface area contributed by atoms with Crippen LogP contribution in [0.3, 0.4) is 0 Å². The minimum absolute atomic E-state index is 0.266. The standard InChI is InChI=1S/C27H28N2O7/c1-5-34-21-11-8-19(9-12-21)27(31)36-23-13-7-18(15-25(23)35-6-2)17-28-29-26(30)20-10-14-22(32-3)24(16-20)33-4/h7-17H,5-6H2,1-4H3,(H,29,30)/b28-17-. The molecule has 188 valence electrons. The molecule has 0 bridgehead atoms. The van der Waals surface area contributed by atoms with E-state index in [4.69, 9.17) is 23.7 Å². The lowest BCUT2D eigenvalue weighted by Gasteiger charge is -2.12. The number of hydrazone groups is 1. The van der Waals surface area contributed by atoms with Gasteiger partial charge in [0.1, 0.15) is 5.75 Å². The van der Waals surface area contributed by atoms with Crippen LogP contribution in [0, 0.1) is 0 Å². The molecule has 0 aliphatic heterocycles. The second kappa shape index (κ2) is 12.8. The molecule has 9 heteroatoms. The van der Waals surface area contributed by atoms with Gasteiger partial charge in [-0.05, 0) is 80.1 Å². The van der Waals surface area contributed by atoms with Gasteiger partial charge < -0.3 is 23.7 Å². The molecule has 0 spiro atoms. The minimum Gasteiger partial charge on any atom is -0.494 e. The van der Waals surface area contributed by atoms with E-state index in [2.05, 4.69) is 10.5 Å². The zero-order valence-corrected chi connectivity index (χ0v) is 20.6. The highest BCUT2D eigenvalue weighted by Crippen LogP contribution is 2.29. The Morgan fingerprint density at radius 3 is 2.11 bits per heavy atom. The van der Waals surface area contributed by atoms with Gasteiger partial charge in [-0.15, -0.1) is 0 Å². The van der Waals surface area contributed by atoms with Gasteiger partial charge in [-0.1, -0.05) is 0 Å². The van der Waals surface area contributed by atoms with E-state index >= 15 is 0 Å². The smallest absolute Gasteiger partial charge is 0.343 e. The van der Waals surface area contributed by atoms with Crippen molar-refractivity contribution in [3.63, 3.8) is 0 Å². The summed E-state index contributed by atoms with van der Waals surface area (Å²) in [7, 11) is 3.01. The number of ether oxygens (including phenoxy) is 5. The molecular weight excluding hydrogens is 464 g/mol. The number of benzene rings is 3. The molecule has 0 aromatic heterocycles. The normalized spacial score (nSPS) is 10.6. The predicted molar refractivity (Wildman–Crippen MR) is 135 cm³/mol. The van der Waals surface area contributed by atoms with Crippen LogP contribution in [-0.2, 0) is 0 Å². The monoisotopic (exact) mass is 492 g/mol. The molecule has 0 radical (unpaired) electrons. The van der Waals surface area contributed by atoms with Gasteiger partial charge in [0.15, 0.2) is 23.0 Å². The summed E-state index contributed by atoms with van der Waals surface area (Å²) in [5.74, 6) is 1.32. The number of nitrogens with one attached hydrogen (secondary N) is 1. The molecule has 3 aromatic carbocycles. The second-order valence-corrected chi connectivity index (χ2v) is 7.25. The quantitative estimate of drug-likeness (QED) is 0.182. The number of esters is 1. The van der Waals surface area contributed by atoms with E-state index in [1.165, 1.54) is 20.4 Å². The van der Waals surface area contributed by atoms with Crippen molar-refractivity contribution in [3.05, 3.63) is 77.4 Å². The maximum atomic E-state index is 12.6. The second-order valence-electron chi connectivity index (χ2n) is 7.25. The number of hydrogen-bond donors (Lipinski definition) is 1. The van der Waals surface area contributed by atoms with Gasteiger partial charge in [0.05, 0.1) is 39.2 Å². The van der Waals surface area contributed by atoms with Gasteiger partial charge in [-0.2, -0.15) is 5.10 Å². The first-order chi connectivity index (χ1) is 17.5. The lowest BCUT2D eigenvalue weighted by atomic mass is 10.2. The molecule has 3 rings (SSSR count). The topological polar surface area (TPSA) is 105 Å². The summed E-state index contributed by atoms with van der Waals surface area (Å²) in [5, 5.41) is 4.01. The van der Waals surface area contributed by atoms with Crippen LogP contribution in [0.1, 0.15) is 40.1 Å². The van der Waals surface area contributed by atoms with E-state index in [0.717, 1.165) is 0 Å². The highest BCUT2D eigenvalue weighted by molar-refractivity contribution is 5.95. The van der Waals surface area contributed by atoms with Crippen LogP contribution in [-0.4, -0.2) is 45.5 Å². The Morgan fingerprint density at radius 1 is 0.778 bits per heavy atom. The van der Waals surface area contributed by atoms with Crippen LogP contribution in [0.25, 0.3) is 0 Å². The molecule has 36 heavy (non-hydrogen) atoms. The largest absolute Gasteiger partial charge is 0.494 e. The molecule has 0 heterocycles. The van der Waals surface area contributed by atoms with Crippen molar-refractivity contribution in [2.24, 2.45) is 5.10 Å². The van der Waals surface area contributed by atoms with Crippen molar-refractivity contribution in [1.82, 2.24) is 5.43 Å².